The van der Waals surface area contributed by atoms with Crippen molar-refractivity contribution in [3.63, 3.8) is 0 Å². The number of nitrogens with one attached hydrogen (secondary N) is 2. The van der Waals surface area contributed by atoms with Gasteiger partial charge >= 0.3 is 0 Å². The van der Waals surface area contributed by atoms with Crippen LogP contribution in [0.1, 0.15) is 20.9 Å². The normalized spacial score (nSPS) is 15.5. The quantitative estimate of drug-likeness (QED) is 0.732. The summed E-state index contributed by atoms with van der Waals surface area (Å²) >= 11 is 1.69. The van der Waals surface area contributed by atoms with Gasteiger partial charge in [-0.1, -0.05) is 6.07 Å². The van der Waals surface area contributed by atoms with E-state index in [1.54, 1.807) is 23.5 Å². The van der Waals surface area contributed by atoms with Gasteiger partial charge in [-0.05, 0) is 31.2 Å². The highest BCUT2D eigenvalue weighted by Gasteiger charge is 2.22. The summed E-state index contributed by atoms with van der Waals surface area (Å²) < 4.78 is 19.9. The molecular formula is C19H20FN3O2S. The molecule has 0 spiro atoms. The zero-order valence-electron chi connectivity index (χ0n) is 14.5. The summed E-state index contributed by atoms with van der Waals surface area (Å²) in [5.74, 6) is -0.626. The maximum atomic E-state index is 13.4. The smallest absolute Gasteiger partial charge is 0.272 e. The number of nitrogens with zero attached hydrogens (tertiary/aromatic N) is 1. The first-order valence-electron chi connectivity index (χ1n) is 8.58. The number of hydrogen-bond acceptors (Lipinski definition) is 4. The summed E-state index contributed by atoms with van der Waals surface area (Å²) in [5, 5.41) is 2.79. The molecule has 1 aromatic carbocycles. The molecule has 1 saturated heterocycles. The third-order valence-corrected chi connectivity index (χ3v) is 5.60. The molecule has 1 fully saturated rings. The molecule has 0 aliphatic carbocycles. The molecule has 0 saturated carbocycles. The Bertz CT molecular complexity index is 944. The highest BCUT2D eigenvalue weighted by Crippen LogP contribution is 2.32. The van der Waals surface area contributed by atoms with E-state index < -0.39 is 0 Å². The molecule has 2 N–H and O–H groups in total. The SMILES string of the molecule is Cc1cc2[nH]c(C(=O)Nc3cccc(F)c3)c(CN3CCOCC3)c2s1. The summed E-state index contributed by atoms with van der Waals surface area (Å²) in [7, 11) is 0. The van der Waals surface area contributed by atoms with Crippen molar-refractivity contribution >= 4 is 33.1 Å². The first kappa shape index (κ1) is 17.2. The Morgan fingerprint density at radius 2 is 2.15 bits per heavy atom. The number of fused-ring (bicyclic) bond motifs is 1. The fourth-order valence-electron chi connectivity index (χ4n) is 3.24. The van der Waals surface area contributed by atoms with Gasteiger partial charge in [0.15, 0.2) is 0 Å². The lowest BCUT2D eigenvalue weighted by Gasteiger charge is -2.26. The average molecular weight is 373 g/mol. The number of H-pyrrole nitrogens is 1. The van der Waals surface area contributed by atoms with Crippen LogP contribution in [0.3, 0.4) is 0 Å². The number of benzene rings is 1. The second-order valence-electron chi connectivity index (χ2n) is 6.43. The molecule has 4 rings (SSSR count). The van der Waals surface area contributed by atoms with Gasteiger partial charge in [-0.2, -0.15) is 0 Å². The van der Waals surface area contributed by atoms with Crippen LogP contribution in [-0.4, -0.2) is 42.1 Å². The molecule has 0 atom stereocenters. The van der Waals surface area contributed by atoms with E-state index >= 15 is 0 Å². The third kappa shape index (κ3) is 3.51. The van der Waals surface area contributed by atoms with Crippen LogP contribution in [0, 0.1) is 12.7 Å². The van der Waals surface area contributed by atoms with Crippen molar-refractivity contribution in [3.05, 3.63) is 52.3 Å². The van der Waals surface area contributed by atoms with E-state index in [0.717, 1.165) is 28.9 Å². The molecule has 5 nitrogen and oxygen atoms in total. The average Bonchev–Trinajstić information content (AvgIpc) is 3.13. The van der Waals surface area contributed by atoms with Crippen LogP contribution in [0.4, 0.5) is 10.1 Å². The molecule has 0 unspecified atom stereocenters. The second-order valence-corrected chi connectivity index (χ2v) is 7.69. The summed E-state index contributed by atoms with van der Waals surface area (Å²) in [6.07, 6.45) is 0. The molecule has 0 radical (unpaired) electrons. The predicted octanol–water partition coefficient (Wildman–Crippen LogP) is 3.76. The number of carbonyl (C=O) groups excluding carboxylic acids is 1. The summed E-state index contributed by atoms with van der Waals surface area (Å²) in [4.78, 5) is 19.6. The molecule has 1 aliphatic rings. The highest BCUT2D eigenvalue weighted by atomic mass is 32.1. The molecule has 0 bridgehead atoms. The van der Waals surface area contributed by atoms with E-state index in [1.807, 2.05) is 0 Å². The number of aromatic amines is 1. The molecule has 1 amide bonds. The molecule has 136 valence electrons. The maximum Gasteiger partial charge on any atom is 0.272 e. The lowest BCUT2D eigenvalue weighted by Crippen LogP contribution is -2.36. The Kier molecular flexibility index (Phi) is 4.76. The van der Waals surface area contributed by atoms with Crippen molar-refractivity contribution in [1.82, 2.24) is 9.88 Å². The van der Waals surface area contributed by atoms with Gasteiger partial charge in [-0.15, -0.1) is 11.3 Å². The number of anilines is 1. The van der Waals surface area contributed by atoms with Crippen LogP contribution in [0.5, 0.6) is 0 Å². The number of ether oxygens (including phenoxy) is 1. The van der Waals surface area contributed by atoms with E-state index in [4.69, 9.17) is 4.74 Å². The first-order chi connectivity index (χ1) is 12.6. The van der Waals surface area contributed by atoms with E-state index in [0.29, 0.717) is 31.1 Å². The Hall–Kier alpha value is -2.22. The maximum absolute atomic E-state index is 13.4. The lowest BCUT2D eigenvalue weighted by atomic mass is 10.2. The molecule has 26 heavy (non-hydrogen) atoms. The number of hydrogen-bond donors (Lipinski definition) is 2. The standard InChI is InChI=1S/C19H20FN3O2S/c1-12-9-16-18(26-12)15(11-23-5-7-25-8-6-23)17(22-16)19(24)21-14-4-2-3-13(20)10-14/h2-4,9-10,22H,5-8,11H2,1H3,(H,21,24). The van der Waals surface area contributed by atoms with Crippen molar-refractivity contribution in [2.24, 2.45) is 0 Å². The Morgan fingerprint density at radius 3 is 2.92 bits per heavy atom. The van der Waals surface area contributed by atoms with Gasteiger partial charge < -0.3 is 15.0 Å². The van der Waals surface area contributed by atoms with Gasteiger partial charge in [0.2, 0.25) is 0 Å². The van der Waals surface area contributed by atoms with Crippen LogP contribution in [0.15, 0.2) is 30.3 Å². The van der Waals surface area contributed by atoms with Gasteiger partial charge in [0.25, 0.3) is 5.91 Å². The molecule has 1 aliphatic heterocycles. The largest absolute Gasteiger partial charge is 0.379 e. The Labute approximate surface area is 154 Å². The Balaban J connectivity index is 1.65. The van der Waals surface area contributed by atoms with Crippen molar-refractivity contribution in [3.8, 4) is 0 Å². The van der Waals surface area contributed by atoms with E-state index in [1.165, 1.54) is 17.0 Å². The molecule has 3 aromatic rings. The minimum atomic E-state index is -0.376. The van der Waals surface area contributed by atoms with E-state index in [-0.39, 0.29) is 11.7 Å². The van der Waals surface area contributed by atoms with Crippen LogP contribution in [-0.2, 0) is 11.3 Å². The number of rotatable bonds is 4. The fraction of sp³-hybridized carbons (Fsp3) is 0.316. The number of morpholine rings is 1. The number of aryl methyl sites for hydroxylation is 1. The minimum Gasteiger partial charge on any atom is -0.379 e. The van der Waals surface area contributed by atoms with Crippen LogP contribution in [0.2, 0.25) is 0 Å². The number of carbonyl (C=O) groups is 1. The molecular weight excluding hydrogens is 353 g/mol. The zero-order chi connectivity index (χ0) is 18.1. The number of thiophene rings is 1. The third-order valence-electron chi connectivity index (χ3n) is 4.49. The van der Waals surface area contributed by atoms with Gasteiger partial charge in [0, 0.05) is 35.8 Å². The fourth-order valence-corrected chi connectivity index (χ4v) is 4.25. The number of halogens is 1. The van der Waals surface area contributed by atoms with Crippen molar-refractivity contribution in [2.75, 3.05) is 31.6 Å². The van der Waals surface area contributed by atoms with Crippen LogP contribution in [0.25, 0.3) is 10.2 Å². The van der Waals surface area contributed by atoms with Crippen molar-refractivity contribution in [2.45, 2.75) is 13.5 Å². The van der Waals surface area contributed by atoms with Gasteiger partial charge in [0.1, 0.15) is 11.5 Å². The van der Waals surface area contributed by atoms with E-state index in [9.17, 15) is 9.18 Å². The zero-order valence-corrected chi connectivity index (χ0v) is 15.3. The first-order valence-corrected chi connectivity index (χ1v) is 9.40. The topological polar surface area (TPSA) is 57.4 Å². The van der Waals surface area contributed by atoms with Crippen LogP contribution < -0.4 is 5.32 Å². The summed E-state index contributed by atoms with van der Waals surface area (Å²) in [6.45, 7) is 5.87. The summed E-state index contributed by atoms with van der Waals surface area (Å²) in [6, 6.07) is 7.98. The van der Waals surface area contributed by atoms with Crippen molar-refractivity contribution in [1.29, 1.82) is 0 Å². The highest BCUT2D eigenvalue weighted by molar-refractivity contribution is 7.19. The van der Waals surface area contributed by atoms with E-state index in [2.05, 4.69) is 28.2 Å². The molecule has 7 heteroatoms. The van der Waals surface area contributed by atoms with Gasteiger partial charge in [0.05, 0.1) is 23.4 Å². The van der Waals surface area contributed by atoms with Gasteiger partial charge in [-0.25, -0.2) is 4.39 Å². The van der Waals surface area contributed by atoms with Crippen LogP contribution >= 0.6 is 11.3 Å². The molecule has 2 aromatic heterocycles. The number of aromatic nitrogens is 1. The summed E-state index contributed by atoms with van der Waals surface area (Å²) in [5.41, 5.74) is 2.96. The lowest BCUT2D eigenvalue weighted by molar-refractivity contribution is 0.0343. The number of amides is 1. The minimum absolute atomic E-state index is 0.250. The van der Waals surface area contributed by atoms with Crippen molar-refractivity contribution < 1.29 is 13.9 Å². The molecule has 3 heterocycles. The second kappa shape index (κ2) is 7.19. The van der Waals surface area contributed by atoms with Gasteiger partial charge in [-0.3, -0.25) is 9.69 Å². The predicted molar refractivity (Wildman–Crippen MR) is 101 cm³/mol. The Morgan fingerprint density at radius 1 is 1.35 bits per heavy atom. The monoisotopic (exact) mass is 373 g/mol.